The molecule has 0 saturated heterocycles. The molecule has 0 rings (SSSR count). The SMILES string of the molecule is CCCCCCSC(=O)C(F)(F)C(F)(F)C(F)(F)C(F)(F)F. The summed E-state index contributed by atoms with van der Waals surface area (Å²) in [6.07, 6.45) is -4.83. The number of hydrogen-bond acceptors (Lipinski definition) is 2. The van der Waals surface area contributed by atoms with Gasteiger partial charge in [-0.2, -0.15) is 39.5 Å². The number of carbonyl (C=O) groups excluding carboxylic acids is 1. The lowest BCUT2D eigenvalue weighted by Gasteiger charge is -2.32. The van der Waals surface area contributed by atoms with E-state index in [1.54, 1.807) is 0 Å². The summed E-state index contributed by atoms with van der Waals surface area (Å²) in [6.45, 7) is 1.81. The molecule has 0 aromatic heterocycles. The van der Waals surface area contributed by atoms with Crippen LogP contribution in [-0.2, 0) is 4.79 Å². The molecule has 132 valence electrons. The predicted molar refractivity (Wildman–Crippen MR) is 62.5 cm³/mol. The molecule has 22 heavy (non-hydrogen) atoms. The molecule has 0 spiro atoms. The van der Waals surface area contributed by atoms with Gasteiger partial charge in [-0.05, 0) is 6.42 Å². The molecule has 1 nitrogen and oxygen atoms in total. The molecule has 0 N–H and O–H groups in total. The Labute approximate surface area is 124 Å². The standard InChI is InChI=1S/C11H13F9OS/c1-2-3-4-5-6-22-7(21)8(12,13)9(14,15)10(16,17)11(18,19)20/h2-6H2,1H3. The summed E-state index contributed by atoms with van der Waals surface area (Å²) in [5.41, 5.74) is 0. The Morgan fingerprint density at radius 2 is 1.32 bits per heavy atom. The molecule has 0 saturated carbocycles. The van der Waals surface area contributed by atoms with Crippen molar-refractivity contribution in [2.75, 3.05) is 5.75 Å². The van der Waals surface area contributed by atoms with Crippen molar-refractivity contribution in [1.29, 1.82) is 0 Å². The number of halogens is 9. The van der Waals surface area contributed by atoms with E-state index in [9.17, 15) is 44.3 Å². The summed E-state index contributed by atoms with van der Waals surface area (Å²) in [5, 5.41) is -2.71. The van der Waals surface area contributed by atoms with Crippen LogP contribution in [0, 0.1) is 0 Å². The fourth-order valence-electron chi connectivity index (χ4n) is 1.29. The molecule has 0 bridgehead atoms. The van der Waals surface area contributed by atoms with Crippen LogP contribution in [0.2, 0.25) is 0 Å². The number of alkyl halides is 9. The van der Waals surface area contributed by atoms with Gasteiger partial charge < -0.3 is 0 Å². The average molecular weight is 364 g/mol. The van der Waals surface area contributed by atoms with E-state index in [-0.39, 0.29) is 23.9 Å². The third kappa shape index (κ3) is 4.23. The van der Waals surface area contributed by atoms with Crippen molar-refractivity contribution < 1.29 is 44.3 Å². The molecular formula is C11H13F9OS. The van der Waals surface area contributed by atoms with E-state index in [1.807, 2.05) is 6.92 Å². The highest BCUT2D eigenvalue weighted by atomic mass is 32.2. The highest BCUT2D eigenvalue weighted by Gasteiger charge is 2.83. The van der Waals surface area contributed by atoms with Crippen molar-refractivity contribution in [1.82, 2.24) is 0 Å². The molecule has 0 radical (unpaired) electrons. The lowest BCUT2D eigenvalue weighted by atomic mass is 10.1. The van der Waals surface area contributed by atoms with Gasteiger partial charge in [0.05, 0.1) is 0 Å². The maximum Gasteiger partial charge on any atom is 0.460 e. The number of carbonyl (C=O) groups is 1. The van der Waals surface area contributed by atoms with E-state index in [4.69, 9.17) is 0 Å². The van der Waals surface area contributed by atoms with Crippen molar-refractivity contribution in [3.63, 3.8) is 0 Å². The quantitative estimate of drug-likeness (QED) is 0.430. The van der Waals surface area contributed by atoms with Crippen LogP contribution in [-0.4, -0.2) is 34.8 Å². The molecule has 0 heterocycles. The summed E-state index contributed by atoms with van der Waals surface area (Å²) >= 11 is -0.382. The second-order valence-electron chi connectivity index (χ2n) is 4.42. The van der Waals surface area contributed by atoms with Gasteiger partial charge in [0.2, 0.25) is 0 Å². The second kappa shape index (κ2) is 7.31. The first-order valence-corrected chi connectivity index (χ1v) is 7.09. The summed E-state index contributed by atoms with van der Waals surface area (Å²) in [5.74, 6) is -20.4. The molecule has 11 heteroatoms. The maximum atomic E-state index is 13.1. The Balaban J connectivity index is 5.00. The Morgan fingerprint density at radius 1 is 0.818 bits per heavy atom. The van der Waals surface area contributed by atoms with Crippen LogP contribution >= 0.6 is 11.8 Å². The average Bonchev–Trinajstić information content (AvgIpc) is 2.36. The van der Waals surface area contributed by atoms with Crippen molar-refractivity contribution in [3.8, 4) is 0 Å². The van der Waals surface area contributed by atoms with E-state index in [0.29, 0.717) is 12.8 Å². The van der Waals surface area contributed by atoms with E-state index in [1.165, 1.54) is 0 Å². The van der Waals surface area contributed by atoms with Gasteiger partial charge in [0.15, 0.2) is 0 Å². The minimum atomic E-state index is -7.03. The van der Waals surface area contributed by atoms with E-state index >= 15 is 0 Å². The Morgan fingerprint density at radius 3 is 1.73 bits per heavy atom. The van der Waals surface area contributed by atoms with E-state index in [0.717, 1.165) is 6.42 Å². The van der Waals surface area contributed by atoms with Crippen molar-refractivity contribution >= 4 is 16.9 Å². The Hall–Kier alpha value is -0.610. The maximum absolute atomic E-state index is 13.1. The largest absolute Gasteiger partial charge is 0.460 e. The van der Waals surface area contributed by atoms with Crippen LogP contribution in [0.1, 0.15) is 32.6 Å². The van der Waals surface area contributed by atoms with Gasteiger partial charge in [-0.3, -0.25) is 4.79 Å². The molecule has 0 fully saturated rings. The van der Waals surface area contributed by atoms with Gasteiger partial charge in [0.1, 0.15) is 0 Å². The van der Waals surface area contributed by atoms with Gasteiger partial charge >= 0.3 is 23.9 Å². The Kier molecular flexibility index (Phi) is 7.10. The number of unbranched alkanes of at least 4 members (excludes halogenated alkanes) is 3. The highest BCUT2D eigenvalue weighted by molar-refractivity contribution is 8.13. The van der Waals surface area contributed by atoms with Crippen LogP contribution in [0.15, 0.2) is 0 Å². The van der Waals surface area contributed by atoms with Gasteiger partial charge in [-0.25, -0.2) is 0 Å². The van der Waals surface area contributed by atoms with Crippen LogP contribution < -0.4 is 0 Å². The summed E-state index contributed by atoms with van der Waals surface area (Å²) in [7, 11) is 0. The summed E-state index contributed by atoms with van der Waals surface area (Å²) in [4.78, 5) is 11.0. The number of rotatable bonds is 8. The molecule has 0 atom stereocenters. The zero-order chi connectivity index (χ0) is 17.8. The number of thioether (sulfide) groups is 1. The van der Waals surface area contributed by atoms with Crippen LogP contribution in [0.3, 0.4) is 0 Å². The molecular weight excluding hydrogens is 351 g/mol. The van der Waals surface area contributed by atoms with Gasteiger partial charge in [-0.15, -0.1) is 0 Å². The lowest BCUT2D eigenvalue weighted by Crippen LogP contribution is -2.63. The zero-order valence-corrected chi connectivity index (χ0v) is 12.1. The van der Waals surface area contributed by atoms with Crippen LogP contribution in [0.4, 0.5) is 39.5 Å². The monoisotopic (exact) mass is 364 g/mol. The third-order valence-electron chi connectivity index (χ3n) is 2.63. The highest BCUT2D eigenvalue weighted by Crippen LogP contribution is 2.54. The molecule has 0 aliphatic heterocycles. The molecule has 0 aliphatic carbocycles. The predicted octanol–water partition coefficient (Wildman–Crippen LogP) is 5.29. The fourth-order valence-corrected chi connectivity index (χ4v) is 2.13. The smallest absolute Gasteiger partial charge is 0.280 e. The normalized spacial score (nSPS) is 14.3. The first kappa shape index (κ1) is 21.4. The van der Waals surface area contributed by atoms with Crippen molar-refractivity contribution in [2.45, 2.75) is 56.6 Å². The van der Waals surface area contributed by atoms with Gasteiger partial charge in [-0.1, -0.05) is 37.9 Å². The summed E-state index contributed by atoms with van der Waals surface area (Å²) < 4.78 is 113. The van der Waals surface area contributed by atoms with Crippen LogP contribution in [0.5, 0.6) is 0 Å². The van der Waals surface area contributed by atoms with E-state index in [2.05, 4.69) is 0 Å². The zero-order valence-electron chi connectivity index (χ0n) is 11.3. The first-order valence-electron chi connectivity index (χ1n) is 6.10. The lowest BCUT2D eigenvalue weighted by molar-refractivity contribution is -0.387. The van der Waals surface area contributed by atoms with E-state index < -0.39 is 29.1 Å². The summed E-state index contributed by atoms with van der Waals surface area (Å²) in [6, 6.07) is 0. The first-order chi connectivity index (χ1) is 9.73. The number of hydrogen-bond donors (Lipinski definition) is 0. The Bertz CT molecular complexity index is 378. The topological polar surface area (TPSA) is 17.1 Å². The third-order valence-corrected chi connectivity index (χ3v) is 3.64. The molecule has 0 amide bonds. The minimum absolute atomic E-state index is 0.168. The van der Waals surface area contributed by atoms with Gasteiger partial charge in [0, 0.05) is 5.75 Å². The van der Waals surface area contributed by atoms with Crippen LogP contribution in [0.25, 0.3) is 0 Å². The molecule has 0 aliphatic rings. The molecule has 0 aromatic carbocycles. The fraction of sp³-hybridized carbons (Fsp3) is 0.909. The second-order valence-corrected chi connectivity index (χ2v) is 5.49. The molecule has 0 aromatic rings. The minimum Gasteiger partial charge on any atom is -0.280 e. The van der Waals surface area contributed by atoms with Crippen molar-refractivity contribution in [3.05, 3.63) is 0 Å². The van der Waals surface area contributed by atoms with Crippen molar-refractivity contribution in [2.24, 2.45) is 0 Å². The van der Waals surface area contributed by atoms with Gasteiger partial charge in [0.25, 0.3) is 5.12 Å². The molecule has 0 unspecified atom stereocenters.